The number of nitrogens with one attached hydrogen (secondary N) is 2. The first kappa shape index (κ1) is 12.4. The van der Waals surface area contributed by atoms with Crippen molar-refractivity contribution in [3.8, 4) is 5.75 Å². The predicted octanol–water partition coefficient (Wildman–Crippen LogP) is 2.57. The summed E-state index contributed by atoms with van der Waals surface area (Å²) in [5, 5.41) is 5.56. The molecule has 0 fully saturated rings. The maximum absolute atomic E-state index is 11.4. The van der Waals surface area contributed by atoms with Crippen LogP contribution in [-0.2, 0) is 0 Å². The van der Waals surface area contributed by atoms with Crippen LogP contribution in [0.25, 0.3) is 0 Å². The Kier molecular flexibility index (Phi) is 4.66. The van der Waals surface area contributed by atoms with Crippen LogP contribution >= 0.6 is 11.6 Å². The van der Waals surface area contributed by atoms with Crippen molar-refractivity contribution in [2.45, 2.75) is 0 Å². The predicted molar refractivity (Wildman–Crippen MR) is 65.0 cm³/mol. The van der Waals surface area contributed by atoms with E-state index in [9.17, 15) is 4.79 Å². The Labute approximate surface area is 99.2 Å². The van der Waals surface area contributed by atoms with E-state index in [1.54, 1.807) is 25.3 Å². The average Bonchev–Trinajstić information content (AvgIpc) is 2.27. The van der Waals surface area contributed by atoms with Gasteiger partial charge in [0.2, 0.25) is 0 Å². The minimum absolute atomic E-state index is 0.225. The van der Waals surface area contributed by atoms with Crippen LogP contribution in [0, 0.1) is 0 Å². The molecule has 0 aliphatic rings. The van der Waals surface area contributed by atoms with E-state index < -0.39 is 0 Å². The van der Waals surface area contributed by atoms with Crippen molar-refractivity contribution < 1.29 is 9.53 Å². The Morgan fingerprint density at radius 3 is 2.81 bits per heavy atom. The maximum Gasteiger partial charge on any atom is 0.319 e. The molecule has 1 aromatic rings. The highest BCUT2D eigenvalue weighted by Gasteiger charge is 2.05. The van der Waals surface area contributed by atoms with Gasteiger partial charge in [-0.1, -0.05) is 30.3 Å². The normalized spacial score (nSPS) is 9.38. The average molecular weight is 241 g/mol. The molecular weight excluding hydrogens is 228 g/mol. The number of benzene rings is 1. The molecule has 0 aromatic heterocycles. The highest BCUT2D eigenvalue weighted by molar-refractivity contribution is 6.29. The van der Waals surface area contributed by atoms with Crippen molar-refractivity contribution in [2.75, 3.05) is 19.0 Å². The zero-order valence-electron chi connectivity index (χ0n) is 8.92. The number of carbonyl (C=O) groups excluding carboxylic acids is 1. The van der Waals surface area contributed by atoms with Crippen LogP contribution in [0.1, 0.15) is 0 Å². The lowest BCUT2D eigenvalue weighted by atomic mass is 10.3. The van der Waals surface area contributed by atoms with Crippen molar-refractivity contribution in [3.05, 3.63) is 35.9 Å². The summed E-state index contributed by atoms with van der Waals surface area (Å²) in [6, 6.07) is 6.77. The summed E-state index contributed by atoms with van der Waals surface area (Å²) in [6.45, 7) is 3.69. The lowest BCUT2D eigenvalue weighted by molar-refractivity contribution is 0.253. The molecule has 2 N–H and O–H groups in total. The van der Waals surface area contributed by atoms with Crippen LogP contribution in [0.2, 0.25) is 0 Å². The summed E-state index contributed by atoms with van der Waals surface area (Å²) >= 11 is 5.52. The van der Waals surface area contributed by atoms with Gasteiger partial charge in [-0.2, -0.15) is 0 Å². The quantitative estimate of drug-likeness (QED) is 0.850. The van der Waals surface area contributed by atoms with Gasteiger partial charge in [0, 0.05) is 5.03 Å². The van der Waals surface area contributed by atoms with Crippen LogP contribution in [0.15, 0.2) is 35.9 Å². The van der Waals surface area contributed by atoms with Crippen molar-refractivity contribution in [1.29, 1.82) is 0 Å². The number of amides is 2. The van der Waals surface area contributed by atoms with Crippen molar-refractivity contribution in [1.82, 2.24) is 5.32 Å². The molecule has 5 heteroatoms. The van der Waals surface area contributed by atoms with Crippen LogP contribution in [0.4, 0.5) is 10.5 Å². The van der Waals surface area contributed by atoms with Gasteiger partial charge >= 0.3 is 6.03 Å². The van der Waals surface area contributed by atoms with Crippen LogP contribution in [0.3, 0.4) is 0 Å². The minimum Gasteiger partial charge on any atom is -0.495 e. The molecule has 1 aromatic carbocycles. The second kappa shape index (κ2) is 6.02. The Morgan fingerprint density at radius 2 is 2.19 bits per heavy atom. The number of rotatable bonds is 4. The molecule has 0 radical (unpaired) electrons. The van der Waals surface area contributed by atoms with Crippen molar-refractivity contribution in [2.24, 2.45) is 0 Å². The van der Waals surface area contributed by atoms with Gasteiger partial charge in [-0.15, -0.1) is 0 Å². The molecule has 2 amide bonds. The van der Waals surface area contributed by atoms with Gasteiger partial charge < -0.3 is 15.4 Å². The number of urea groups is 1. The van der Waals surface area contributed by atoms with E-state index in [4.69, 9.17) is 16.3 Å². The lowest BCUT2D eigenvalue weighted by Gasteiger charge is -2.10. The van der Waals surface area contributed by atoms with Gasteiger partial charge in [0.25, 0.3) is 0 Å². The Balaban J connectivity index is 2.58. The molecule has 86 valence electrons. The van der Waals surface area contributed by atoms with Gasteiger partial charge in [0.1, 0.15) is 5.75 Å². The molecule has 0 spiro atoms. The SMILES string of the molecule is C=C(Cl)CNC(=O)Nc1ccccc1OC. The number of hydrogen-bond donors (Lipinski definition) is 2. The van der Waals surface area contributed by atoms with Crippen LogP contribution < -0.4 is 15.4 Å². The number of anilines is 1. The highest BCUT2D eigenvalue weighted by atomic mass is 35.5. The maximum atomic E-state index is 11.4. The van der Waals surface area contributed by atoms with Gasteiger partial charge in [-0.25, -0.2) is 4.79 Å². The van der Waals surface area contributed by atoms with Crippen molar-refractivity contribution >= 4 is 23.3 Å². The monoisotopic (exact) mass is 240 g/mol. The number of hydrogen-bond acceptors (Lipinski definition) is 2. The number of carbonyl (C=O) groups is 1. The minimum atomic E-state index is -0.355. The fourth-order valence-electron chi connectivity index (χ4n) is 1.09. The third-order valence-electron chi connectivity index (χ3n) is 1.80. The lowest BCUT2D eigenvalue weighted by Crippen LogP contribution is -2.29. The van der Waals surface area contributed by atoms with Crippen LogP contribution in [0.5, 0.6) is 5.75 Å². The topological polar surface area (TPSA) is 50.4 Å². The van der Waals surface area contributed by atoms with E-state index >= 15 is 0 Å². The summed E-state index contributed by atoms with van der Waals surface area (Å²) in [5.74, 6) is 0.599. The Hall–Kier alpha value is -1.68. The van der Waals surface area contributed by atoms with Gasteiger partial charge in [0.15, 0.2) is 0 Å². The summed E-state index contributed by atoms with van der Waals surface area (Å²) in [6.07, 6.45) is 0. The molecule has 4 nitrogen and oxygen atoms in total. The molecule has 16 heavy (non-hydrogen) atoms. The second-order valence-electron chi connectivity index (χ2n) is 3.03. The fourth-order valence-corrected chi connectivity index (χ4v) is 1.16. The largest absolute Gasteiger partial charge is 0.495 e. The number of ether oxygens (including phenoxy) is 1. The number of methoxy groups -OCH3 is 1. The number of halogens is 1. The fraction of sp³-hybridized carbons (Fsp3) is 0.182. The molecule has 0 heterocycles. The summed E-state index contributed by atoms with van der Waals surface area (Å²) in [7, 11) is 1.54. The van der Waals surface area contributed by atoms with Gasteiger partial charge in [-0.3, -0.25) is 0 Å². The zero-order chi connectivity index (χ0) is 12.0. The van der Waals surface area contributed by atoms with E-state index in [0.717, 1.165) is 0 Å². The third kappa shape index (κ3) is 3.82. The van der Waals surface area contributed by atoms with Gasteiger partial charge in [-0.05, 0) is 12.1 Å². The Morgan fingerprint density at radius 1 is 1.50 bits per heavy atom. The smallest absolute Gasteiger partial charge is 0.319 e. The first-order valence-corrected chi connectivity index (χ1v) is 5.02. The standard InChI is InChI=1S/C11H13ClN2O2/c1-8(12)7-13-11(15)14-9-5-3-4-6-10(9)16-2/h3-6H,1,7H2,2H3,(H2,13,14,15). The van der Waals surface area contributed by atoms with E-state index in [-0.39, 0.29) is 12.6 Å². The van der Waals surface area contributed by atoms with E-state index in [1.807, 2.05) is 6.07 Å². The van der Waals surface area contributed by atoms with E-state index in [0.29, 0.717) is 16.5 Å². The van der Waals surface area contributed by atoms with Crippen LogP contribution in [-0.4, -0.2) is 19.7 Å². The Bertz CT molecular complexity index is 393. The number of para-hydroxylation sites is 2. The second-order valence-corrected chi connectivity index (χ2v) is 3.56. The molecule has 0 aliphatic carbocycles. The molecule has 0 aliphatic heterocycles. The van der Waals surface area contributed by atoms with Crippen molar-refractivity contribution in [3.63, 3.8) is 0 Å². The van der Waals surface area contributed by atoms with Gasteiger partial charge in [0.05, 0.1) is 19.3 Å². The molecule has 0 saturated heterocycles. The zero-order valence-corrected chi connectivity index (χ0v) is 9.67. The molecular formula is C11H13ClN2O2. The summed E-state index contributed by atoms with van der Waals surface area (Å²) in [4.78, 5) is 11.4. The first-order chi connectivity index (χ1) is 7.63. The summed E-state index contributed by atoms with van der Waals surface area (Å²) in [5.41, 5.74) is 0.600. The molecule has 0 bridgehead atoms. The van der Waals surface area contributed by atoms with E-state index in [2.05, 4.69) is 17.2 Å². The highest BCUT2D eigenvalue weighted by Crippen LogP contribution is 2.22. The molecule has 1 rings (SSSR count). The summed E-state index contributed by atoms with van der Waals surface area (Å²) < 4.78 is 5.09. The van der Waals surface area contributed by atoms with E-state index in [1.165, 1.54) is 0 Å². The molecule has 0 unspecified atom stereocenters. The molecule has 0 saturated carbocycles. The first-order valence-electron chi connectivity index (χ1n) is 4.64. The molecule has 0 atom stereocenters. The third-order valence-corrected chi connectivity index (χ3v) is 1.93.